The summed E-state index contributed by atoms with van der Waals surface area (Å²) in [5.41, 5.74) is 5.40. The summed E-state index contributed by atoms with van der Waals surface area (Å²) in [5.74, 6) is -0.0414. The Morgan fingerprint density at radius 1 is 1.33 bits per heavy atom. The van der Waals surface area contributed by atoms with E-state index in [0.29, 0.717) is 6.54 Å². The van der Waals surface area contributed by atoms with Crippen LogP contribution in [0.2, 0.25) is 0 Å². The number of hydrogen-bond donors (Lipinski definition) is 2. The van der Waals surface area contributed by atoms with Gasteiger partial charge in [0.1, 0.15) is 6.61 Å². The van der Waals surface area contributed by atoms with Crippen molar-refractivity contribution >= 4 is 5.91 Å². The van der Waals surface area contributed by atoms with E-state index in [9.17, 15) is 4.79 Å². The molecule has 4 nitrogen and oxygen atoms in total. The van der Waals surface area contributed by atoms with Crippen LogP contribution in [0.1, 0.15) is 59.3 Å². The predicted molar refractivity (Wildman–Crippen MR) is 73.3 cm³/mol. The smallest absolute Gasteiger partial charge is 0.246 e. The molecular weight excluding hydrogens is 228 g/mol. The molecule has 0 saturated heterocycles. The van der Waals surface area contributed by atoms with Crippen LogP contribution in [0, 0.1) is 0 Å². The molecule has 18 heavy (non-hydrogen) atoms. The second-order valence-corrected chi connectivity index (χ2v) is 6.02. The molecule has 0 unspecified atom stereocenters. The van der Waals surface area contributed by atoms with E-state index in [1.54, 1.807) is 0 Å². The van der Waals surface area contributed by atoms with E-state index in [1.165, 1.54) is 6.42 Å². The largest absolute Gasteiger partial charge is 0.364 e. The molecule has 4 heteroatoms. The molecule has 1 rings (SSSR count). The number of rotatable bonds is 6. The lowest BCUT2D eigenvalue weighted by atomic mass is 9.85. The summed E-state index contributed by atoms with van der Waals surface area (Å²) in [4.78, 5) is 11.8. The molecule has 1 saturated carbocycles. The van der Waals surface area contributed by atoms with Gasteiger partial charge in [-0.2, -0.15) is 0 Å². The molecule has 0 aromatic heterocycles. The molecule has 0 radical (unpaired) electrons. The number of hydrogen-bond acceptors (Lipinski definition) is 3. The molecule has 1 aliphatic rings. The topological polar surface area (TPSA) is 64.3 Å². The molecule has 1 fully saturated rings. The van der Waals surface area contributed by atoms with E-state index in [4.69, 9.17) is 10.5 Å². The third-order valence-electron chi connectivity index (χ3n) is 4.01. The Bertz CT molecular complexity index is 271. The number of nitrogens with two attached hydrogens (primary N) is 1. The van der Waals surface area contributed by atoms with Crippen molar-refractivity contribution < 1.29 is 9.53 Å². The molecule has 1 amide bonds. The van der Waals surface area contributed by atoms with Crippen LogP contribution >= 0.6 is 0 Å². The van der Waals surface area contributed by atoms with Gasteiger partial charge in [0.2, 0.25) is 5.91 Å². The van der Waals surface area contributed by atoms with Crippen LogP contribution in [0.15, 0.2) is 0 Å². The highest BCUT2D eigenvalue weighted by atomic mass is 16.5. The number of carbonyl (C=O) groups excluding carboxylic acids is 1. The van der Waals surface area contributed by atoms with Crippen LogP contribution in [-0.2, 0) is 9.53 Å². The van der Waals surface area contributed by atoms with E-state index in [-0.39, 0.29) is 23.7 Å². The van der Waals surface area contributed by atoms with E-state index in [2.05, 4.69) is 12.2 Å². The van der Waals surface area contributed by atoms with Gasteiger partial charge in [0.05, 0.1) is 5.60 Å². The molecule has 3 N–H and O–H groups in total. The van der Waals surface area contributed by atoms with Crippen molar-refractivity contribution in [2.75, 3.05) is 13.2 Å². The van der Waals surface area contributed by atoms with Crippen LogP contribution in [0.4, 0.5) is 0 Å². The van der Waals surface area contributed by atoms with Crippen molar-refractivity contribution in [1.82, 2.24) is 5.32 Å². The van der Waals surface area contributed by atoms with Crippen molar-refractivity contribution in [2.45, 2.75) is 70.4 Å². The molecule has 0 atom stereocenters. The quantitative estimate of drug-likeness (QED) is 0.763. The molecular formula is C14H28N2O2. The van der Waals surface area contributed by atoms with Crippen molar-refractivity contribution in [3.63, 3.8) is 0 Å². The molecule has 1 aliphatic carbocycles. The van der Waals surface area contributed by atoms with E-state index >= 15 is 0 Å². The average molecular weight is 256 g/mol. The number of amides is 1. The van der Waals surface area contributed by atoms with Gasteiger partial charge in [0, 0.05) is 12.1 Å². The first-order valence-electron chi connectivity index (χ1n) is 7.08. The summed E-state index contributed by atoms with van der Waals surface area (Å²) in [5, 5.41) is 2.98. The van der Waals surface area contributed by atoms with Crippen LogP contribution in [0.5, 0.6) is 0 Å². The third kappa shape index (κ3) is 4.58. The average Bonchev–Trinajstić information content (AvgIpc) is 2.37. The second-order valence-electron chi connectivity index (χ2n) is 6.02. The Morgan fingerprint density at radius 2 is 1.94 bits per heavy atom. The Labute approximate surface area is 111 Å². The normalized spacial score (nSPS) is 19.6. The van der Waals surface area contributed by atoms with Gasteiger partial charge < -0.3 is 15.8 Å². The minimum Gasteiger partial charge on any atom is -0.364 e. The van der Waals surface area contributed by atoms with Crippen molar-refractivity contribution in [1.29, 1.82) is 0 Å². The van der Waals surface area contributed by atoms with E-state index < -0.39 is 0 Å². The molecule has 0 aromatic carbocycles. The van der Waals surface area contributed by atoms with Gasteiger partial charge in [-0.25, -0.2) is 0 Å². The van der Waals surface area contributed by atoms with Crippen molar-refractivity contribution in [3.8, 4) is 0 Å². The first-order valence-corrected chi connectivity index (χ1v) is 7.08. The summed E-state index contributed by atoms with van der Waals surface area (Å²) in [6, 6.07) is 0. The van der Waals surface area contributed by atoms with Gasteiger partial charge >= 0.3 is 0 Å². The van der Waals surface area contributed by atoms with Crippen LogP contribution < -0.4 is 11.1 Å². The fraction of sp³-hybridized carbons (Fsp3) is 0.929. The van der Waals surface area contributed by atoms with Crippen LogP contribution in [-0.4, -0.2) is 30.2 Å². The Hall–Kier alpha value is -0.610. The Balaban J connectivity index is 2.40. The van der Waals surface area contributed by atoms with Gasteiger partial charge in [-0.1, -0.05) is 26.2 Å². The summed E-state index contributed by atoms with van der Waals surface area (Å²) in [6.07, 6.45) is 6.42. The minimum atomic E-state index is -0.258. The lowest BCUT2D eigenvalue weighted by Crippen LogP contribution is -2.48. The Morgan fingerprint density at radius 3 is 2.44 bits per heavy atom. The SMILES string of the molecule is CCC(C)(C)NC(=O)COC1(CN)CCCCC1. The summed E-state index contributed by atoms with van der Waals surface area (Å²) in [7, 11) is 0. The van der Waals surface area contributed by atoms with Gasteiger partial charge in [-0.15, -0.1) is 0 Å². The number of nitrogens with one attached hydrogen (secondary N) is 1. The summed E-state index contributed by atoms with van der Waals surface area (Å²) < 4.78 is 5.83. The summed E-state index contributed by atoms with van der Waals surface area (Å²) in [6.45, 7) is 6.73. The zero-order chi connectivity index (χ0) is 13.6. The number of ether oxygens (including phenoxy) is 1. The van der Waals surface area contributed by atoms with Crippen LogP contribution in [0.25, 0.3) is 0 Å². The lowest BCUT2D eigenvalue weighted by Gasteiger charge is -2.36. The molecule has 0 bridgehead atoms. The Kier molecular flexibility index (Phi) is 5.60. The maximum atomic E-state index is 11.8. The highest BCUT2D eigenvalue weighted by molar-refractivity contribution is 5.78. The number of carbonyl (C=O) groups is 1. The van der Waals surface area contributed by atoms with Gasteiger partial charge in [-0.3, -0.25) is 4.79 Å². The maximum Gasteiger partial charge on any atom is 0.246 e. The highest BCUT2D eigenvalue weighted by Crippen LogP contribution is 2.30. The predicted octanol–water partition coefficient (Wildman–Crippen LogP) is 1.97. The van der Waals surface area contributed by atoms with E-state index in [0.717, 1.165) is 32.1 Å². The first kappa shape index (κ1) is 15.4. The monoisotopic (exact) mass is 256 g/mol. The fourth-order valence-corrected chi connectivity index (χ4v) is 2.32. The standard InChI is InChI=1S/C14H28N2O2/c1-4-13(2,3)16-12(17)10-18-14(11-15)8-6-5-7-9-14/h4-11,15H2,1-3H3,(H,16,17). The van der Waals surface area contributed by atoms with E-state index in [1.807, 2.05) is 13.8 Å². The van der Waals surface area contributed by atoms with Gasteiger partial charge in [0.15, 0.2) is 0 Å². The first-order chi connectivity index (χ1) is 8.43. The molecule has 0 spiro atoms. The van der Waals surface area contributed by atoms with Crippen LogP contribution in [0.3, 0.4) is 0 Å². The second kappa shape index (κ2) is 6.53. The zero-order valence-electron chi connectivity index (χ0n) is 12.1. The molecule has 0 aliphatic heterocycles. The van der Waals surface area contributed by atoms with Crippen molar-refractivity contribution in [2.24, 2.45) is 5.73 Å². The van der Waals surface area contributed by atoms with Gasteiger partial charge in [-0.05, 0) is 33.1 Å². The zero-order valence-corrected chi connectivity index (χ0v) is 12.1. The minimum absolute atomic E-state index is 0.0414. The van der Waals surface area contributed by atoms with Gasteiger partial charge in [0.25, 0.3) is 0 Å². The molecule has 0 aromatic rings. The maximum absolute atomic E-state index is 11.8. The lowest BCUT2D eigenvalue weighted by molar-refractivity contribution is -0.136. The molecule has 0 heterocycles. The van der Waals surface area contributed by atoms with Crippen molar-refractivity contribution in [3.05, 3.63) is 0 Å². The highest BCUT2D eigenvalue weighted by Gasteiger charge is 2.32. The fourth-order valence-electron chi connectivity index (χ4n) is 2.32. The summed E-state index contributed by atoms with van der Waals surface area (Å²) >= 11 is 0. The molecule has 106 valence electrons. The third-order valence-corrected chi connectivity index (χ3v) is 4.01.